The van der Waals surface area contributed by atoms with Crippen LogP contribution in [0.1, 0.15) is 12.6 Å². The number of phenolic OH excluding ortho intramolecular Hbond substituents is 1. The average molecular weight is 233 g/mol. The molecular formula is C12H15N3O2. The van der Waals surface area contributed by atoms with Crippen molar-refractivity contribution in [2.45, 2.75) is 20.1 Å². The lowest BCUT2D eigenvalue weighted by Crippen LogP contribution is -2.06. The molecule has 0 spiro atoms. The Morgan fingerprint density at radius 2 is 2.06 bits per heavy atom. The number of aryl methyl sites for hydroxylation is 1. The van der Waals surface area contributed by atoms with Gasteiger partial charge in [0.15, 0.2) is 0 Å². The van der Waals surface area contributed by atoms with Gasteiger partial charge in [0.1, 0.15) is 23.9 Å². The van der Waals surface area contributed by atoms with Gasteiger partial charge in [-0.1, -0.05) is 0 Å². The number of benzene rings is 1. The van der Waals surface area contributed by atoms with Gasteiger partial charge in [-0.3, -0.25) is 4.68 Å². The molecule has 2 aromatic rings. The second kappa shape index (κ2) is 4.78. The molecule has 17 heavy (non-hydrogen) atoms. The van der Waals surface area contributed by atoms with Crippen molar-refractivity contribution < 1.29 is 9.84 Å². The summed E-state index contributed by atoms with van der Waals surface area (Å²) >= 11 is 0. The van der Waals surface area contributed by atoms with Gasteiger partial charge in [0.25, 0.3) is 0 Å². The van der Waals surface area contributed by atoms with Crippen molar-refractivity contribution in [2.75, 3.05) is 5.73 Å². The zero-order valence-corrected chi connectivity index (χ0v) is 9.63. The van der Waals surface area contributed by atoms with Crippen molar-refractivity contribution in [1.82, 2.24) is 9.78 Å². The molecule has 1 aromatic carbocycles. The number of aromatic nitrogens is 2. The first-order valence-electron chi connectivity index (χ1n) is 5.43. The molecule has 0 amide bonds. The summed E-state index contributed by atoms with van der Waals surface area (Å²) in [5, 5.41) is 13.3. The highest BCUT2D eigenvalue weighted by Gasteiger charge is 2.05. The van der Waals surface area contributed by atoms with Crippen LogP contribution < -0.4 is 10.5 Å². The summed E-state index contributed by atoms with van der Waals surface area (Å²) in [5.74, 6) is 1.42. The normalized spacial score (nSPS) is 10.4. The molecule has 0 saturated heterocycles. The molecule has 0 radical (unpaired) electrons. The molecule has 0 saturated carbocycles. The third-order valence-electron chi connectivity index (χ3n) is 2.41. The molecule has 0 unspecified atom stereocenters. The molecule has 1 heterocycles. The van der Waals surface area contributed by atoms with Gasteiger partial charge in [-0.05, 0) is 31.2 Å². The third-order valence-corrected chi connectivity index (χ3v) is 2.41. The second-order valence-electron chi connectivity index (χ2n) is 3.66. The average Bonchev–Trinajstić information content (AvgIpc) is 2.69. The van der Waals surface area contributed by atoms with E-state index in [1.807, 2.05) is 6.92 Å². The minimum Gasteiger partial charge on any atom is -0.508 e. The molecule has 0 atom stereocenters. The van der Waals surface area contributed by atoms with Crippen molar-refractivity contribution in [3.8, 4) is 11.5 Å². The van der Waals surface area contributed by atoms with Gasteiger partial charge in [0, 0.05) is 12.6 Å². The van der Waals surface area contributed by atoms with Crippen molar-refractivity contribution >= 4 is 5.82 Å². The van der Waals surface area contributed by atoms with Gasteiger partial charge in [-0.15, -0.1) is 0 Å². The highest BCUT2D eigenvalue weighted by molar-refractivity contribution is 5.31. The molecular weight excluding hydrogens is 218 g/mol. The minimum atomic E-state index is 0.222. The quantitative estimate of drug-likeness (QED) is 0.844. The smallest absolute Gasteiger partial charge is 0.145 e. The molecule has 3 N–H and O–H groups in total. The summed E-state index contributed by atoms with van der Waals surface area (Å²) < 4.78 is 7.38. The summed E-state index contributed by atoms with van der Waals surface area (Å²) in [6, 6.07) is 8.39. The van der Waals surface area contributed by atoms with Gasteiger partial charge in [-0.25, -0.2) is 0 Å². The summed E-state index contributed by atoms with van der Waals surface area (Å²) in [7, 11) is 0. The zero-order chi connectivity index (χ0) is 12.3. The van der Waals surface area contributed by atoms with E-state index < -0.39 is 0 Å². The lowest BCUT2D eigenvalue weighted by atomic mass is 10.3. The van der Waals surface area contributed by atoms with Crippen LogP contribution in [-0.2, 0) is 13.2 Å². The van der Waals surface area contributed by atoms with Crippen LogP contribution >= 0.6 is 0 Å². The Balaban J connectivity index is 2.04. The van der Waals surface area contributed by atoms with E-state index in [0.717, 1.165) is 12.2 Å². The summed E-state index contributed by atoms with van der Waals surface area (Å²) in [4.78, 5) is 0. The predicted octanol–water partition coefficient (Wildman–Crippen LogP) is 1.77. The Hall–Kier alpha value is -2.17. The van der Waals surface area contributed by atoms with Crippen LogP contribution in [0.4, 0.5) is 5.82 Å². The van der Waals surface area contributed by atoms with Crippen LogP contribution in [0.15, 0.2) is 30.3 Å². The van der Waals surface area contributed by atoms with Gasteiger partial charge in [0.2, 0.25) is 0 Å². The van der Waals surface area contributed by atoms with Crippen LogP contribution in [0.2, 0.25) is 0 Å². The highest BCUT2D eigenvalue weighted by atomic mass is 16.5. The van der Waals surface area contributed by atoms with Crippen LogP contribution in [0.3, 0.4) is 0 Å². The van der Waals surface area contributed by atoms with Crippen LogP contribution in [-0.4, -0.2) is 14.9 Å². The number of phenols is 1. The minimum absolute atomic E-state index is 0.222. The maximum absolute atomic E-state index is 9.14. The standard InChI is InChI=1S/C12H15N3O2/c1-2-15-9(7-12(13)14-15)8-17-11-5-3-10(16)4-6-11/h3-7,16H,2,8H2,1H3,(H2,13,14). The Morgan fingerprint density at radius 1 is 1.35 bits per heavy atom. The van der Waals surface area contributed by atoms with E-state index in [1.165, 1.54) is 0 Å². The van der Waals surface area contributed by atoms with E-state index in [0.29, 0.717) is 18.2 Å². The third kappa shape index (κ3) is 2.69. The summed E-state index contributed by atoms with van der Waals surface area (Å²) in [6.07, 6.45) is 0. The number of nitrogens with two attached hydrogens (primary N) is 1. The maximum atomic E-state index is 9.14. The number of aromatic hydroxyl groups is 1. The fraction of sp³-hybridized carbons (Fsp3) is 0.250. The van der Waals surface area contributed by atoms with Gasteiger partial charge in [0.05, 0.1) is 5.69 Å². The molecule has 2 rings (SSSR count). The second-order valence-corrected chi connectivity index (χ2v) is 3.66. The molecule has 0 bridgehead atoms. The van der Waals surface area contributed by atoms with Crippen molar-refractivity contribution in [3.63, 3.8) is 0 Å². The first-order chi connectivity index (χ1) is 8.19. The van der Waals surface area contributed by atoms with Crippen molar-refractivity contribution in [1.29, 1.82) is 0 Å². The number of rotatable bonds is 4. The molecule has 0 aliphatic carbocycles. The summed E-state index contributed by atoms with van der Waals surface area (Å²) in [6.45, 7) is 3.16. The van der Waals surface area contributed by atoms with Crippen LogP contribution in [0.25, 0.3) is 0 Å². The molecule has 1 aromatic heterocycles. The molecule has 90 valence electrons. The fourth-order valence-electron chi connectivity index (χ4n) is 1.57. The van der Waals surface area contributed by atoms with E-state index in [4.69, 9.17) is 15.6 Å². The number of nitrogen functional groups attached to an aromatic ring is 1. The fourth-order valence-corrected chi connectivity index (χ4v) is 1.57. The van der Waals surface area contributed by atoms with Gasteiger partial charge < -0.3 is 15.6 Å². The zero-order valence-electron chi connectivity index (χ0n) is 9.63. The number of ether oxygens (including phenoxy) is 1. The number of nitrogens with zero attached hydrogens (tertiary/aromatic N) is 2. The number of hydrogen-bond acceptors (Lipinski definition) is 4. The molecule has 5 nitrogen and oxygen atoms in total. The van der Waals surface area contributed by atoms with Crippen molar-refractivity contribution in [3.05, 3.63) is 36.0 Å². The van der Waals surface area contributed by atoms with E-state index in [1.54, 1.807) is 35.0 Å². The topological polar surface area (TPSA) is 73.3 Å². The Bertz CT molecular complexity index is 491. The first kappa shape index (κ1) is 11.3. The highest BCUT2D eigenvalue weighted by Crippen LogP contribution is 2.17. The van der Waals surface area contributed by atoms with E-state index in [2.05, 4.69) is 5.10 Å². The van der Waals surface area contributed by atoms with Crippen LogP contribution in [0.5, 0.6) is 11.5 Å². The number of anilines is 1. The lowest BCUT2D eigenvalue weighted by Gasteiger charge is -2.07. The summed E-state index contributed by atoms with van der Waals surface area (Å²) in [5.41, 5.74) is 6.55. The van der Waals surface area contributed by atoms with E-state index >= 15 is 0 Å². The lowest BCUT2D eigenvalue weighted by molar-refractivity contribution is 0.292. The van der Waals surface area contributed by atoms with E-state index in [-0.39, 0.29) is 5.75 Å². The molecule has 5 heteroatoms. The van der Waals surface area contributed by atoms with Gasteiger partial charge in [-0.2, -0.15) is 5.10 Å². The first-order valence-corrected chi connectivity index (χ1v) is 5.43. The van der Waals surface area contributed by atoms with Gasteiger partial charge >= 0.3 is 0 Å². The Kier molecular flexibility index (Phi) is 3.18. The molecule has 0 aliphatic heterocycles. The Morgan fingerprint density at radius 3 is 2.71 bits per heavy atom. The molecule has 0 fully saturated rings. The van der Waals surface area contributed by atoms with Crippen molar-refractivity contribution in [2.24, 2.45) is 0 Å². The Labute approximate surface area is 99.4 Å². The monoisotopic (exact) mass is 233 g/mol. The molecule has 0 aliphatic rings. The number of hydrogen-bond donors (Lipinski definition) is 2. The SMILES string of the molecule is CCn1nc(N)cc1COc1ccc(O)cc1. The largest absolute Gasteiger partial charge is 0.508 e. The maximum Gasteiger partial charge on any atom is 0.145 e. The van der Waals surface area contributed by atoms with E-state index in [9.17, 15) is 0 Å². The van der Waals surface area contributed by atoms with Crippen LogP contribution in [0, 0.1) is 0 Å². The predicted molar refractivity (Wildman–Crippen MR) is 64.8 cm³/mol.